The molecule has 34 heavy (non-hydrogen) atoms. The molecule has 3 aromatic rings. The van der Waals surface area contributed by atoms with Crippen molar-refractivity contribution >= 4 is 21.4 Å². The van der Waals surface area contributed by atoms with Crippen molar-refractivity contribution in [2.75, 3.05) is 25.2 Å². The van der Waals surface area contributed by atoms with Crippen LogP contribution in [-0.2, 0) is 16.4 Å². The van der Waals surface area contributed by atoms with Gasteiger partial charge in [0.15, 0.2) is 9.84 Å². The molecule has 180 valence electrons. The van der Waals surface area contributed by atoms with Gasteiger partial charge in [-0.15, -0.1) is 0 Å². The first-order chi connectivity index (χ1) is 16.1. The van der Waals surface area contributed by atoms with Crippen LogP contribution in [0.3, 0.4) is 0 Å². The van der Waals surface area contributed by atoms with E-state index < -0.39 is 34.5 Å². The van der Waals surface area contributed by atoms with Gasteiger partial charge in [-0.25, -0.2) is 21.6 Å². The van der Waals surface area contributed by atoms with Crippen molar-refractivity contribution in [3.05, 3.63) is 77.6 Å². The highest BCUT2D eigenvalue weighted by molar-refractivity contribution is 7.90. The van der Waals surface area contributed by atoms with Crippen molar-refractivity contribution in [1.82, 2.24) is 5.32 Å². The molecule has 2 N–H and O–H groups in total. The van der Waals surface area contributed by atoms with Gasteiger partial charge in [0.05, 0.1) is 13.7 Å². The molecule has 10 heteroatoms. The third-order valence-electron chi connectivity index (χ3n) is 4.97. The Morgan fingerprint density at radius 3 is 2.41 bits per heavy atom. The maximum Gasteiger partial charge on any atom is 0.255 e. The number of ether oxygens (including phenoxy) is 1. The lowest BCUT2D eigenvalue weighted by atomic mass is 9.96. The van der Waals surface area contributed by atoms with E-state index in [2.05, 4.69) is 10.6 Å². The third-order valence-corrected chi connectivity index (χ3v) is 6.10. The van der Waals surface area contributed by atoms with Gasteiger partial charge in [0.1, 0.15) is 16.5 Å². The second kappa shape index (κ2) is 10.7. The first kappa shape index (κ1) is 25.3. The summed E-state index contributed by atoms with van der Waals surface area (Å²) in [6.07, 6.45) is -1.52. The van der Waals surface area contributed by atoms with Crippen LogP contribution in [0, 0.1) is 5.82 Å². The second-order valence-electron chi connectivity index (χ2n) is 7.47. The van der Waals surface area contributed by atoms with Gasteiger partial charge in [0, 0.05) is 35.7 Å². The maximum atomic E-state index is 14.4. The molecule has 0 aromatic heterocycles. The van der Waals surface area contributed by atoms with Gasteiger partial charge >= 0.3 is 0 Å². The predicted octanol–water partition coefficient (Wildman–Crippen LogP) is 4.51. The minimum atomic E-state index is -3.53. The molecule has 0 aliphatic carbocycles. The van der Waals surface area contributed by atoms with Crippen molar-refractivity contribution < 1.29 is 31.1 Å². The van der Waals surface area contributed by atoms with Gasteiger partial charge in [0.25, 0.3) is 12.3 Å². The Morgan fingerprint density at radius 1 is 1.03 bits per heavy atom. The molecule has 0 spiro atoms. The quantitative estimate of drug-likeness (QED) is 0.459. The number of hydrogen-bond donors (Lipinski definition) is 2. The summed E-state index contributed by atoms with van der Waals surface area (Å²) < 4.78 is 68.4. The maximum absolute atomic E-state index is 14.4. The van der Waals surface area contributed by atoms with Crippen LogP contribution >= 0.6 is 0 Å². The largest absolute Gasteiger partial charge is 0.495 e. The Kier molecular flexibility index (Phi) is 7.95. The van der Waals surface area contributed by atoms with Crippen LogP contribution in [0.4, 0.5) is 18.9 Å². The molecule has 3 aromatic carbocycles. The number of nitrogens with one attached hydrogen (secondary N) is 2. The number of sulfone groups is 1. The average molecular weight is 493 g/mol. The molecule has 1 amide bonds. The molecule has 0 saturated heterocycles. The summed E-state index contributed by atoms with van der Waals surface area (Å²) in [7, 11) is -2.21. The third kappa shape index (κ3) is 6.15. The molecular weight excluding hydrogens is 469 g/mol. The van der Waals surface area contributed by atoms with Crippen LogP contribution in [0.1, 0.15) is 15.9 Å². The SMILES string of the molecule is COc1cc(NC(=O)c2ccc(-c3ccccc3F)c(CNCC(F)F)c2)ccc1S(C)(=O)=O. The topological polar surface area (TPSA) is 84.5 Å². The summed E-state index contributed by atoms with van der Waals surface area (Å²) in [5.74, 6) is -0.927. The molecule has 0 bridgehead atoms. The highest BCUT2D eigenvalue weighted by Gasteiger charge is 2.17. The van der Waals surface area contributed by atoms with Crippen molar-refractivity contribution in [2.45, 2.75) is 17.9 Å². The van der Waals surface area contributed by atoms with Crippen LogP contribution in [-0.4, -0.2) is 40.7 Å². The summed E-state index contributed by atoms with van der Waals surface area (Å²) in [5, 5.41) is 5.26. The highest BCUT2D eigenvalue weighted by atomic mass is 32.2. The van der Waals surface area contributed by atoms with Crippen LogP contribution in [0.25, 0.3) is 11.1 Å². The molecular formula is C24H23F3N2O4S. The second-order valence-corrected chi connectivity index (χ2v) is 9.45. The van der Waals surface area contributed by atoms with Crippen molar-refractivity contribution in [3.8, 4) is 16.9 Å². The van der Waals surface area contributed by atoms with E-state index in [9.17, 15) is 26.4 Å². The van der Waals surface area contributed by atoms with Gasteiger partial charge in [0.2, 0.25) is 0 Å². The fraction of sp³-hybridized carbons (Fsp3) is 0.208. The molecule has 0 saturated carbocycles. The van der Waals surface area contributed by atoms with Gasteiger partial charge in [-0.2, -0.15) is 0 Å². The van der Waals surface area contributed by atoms with Crippen LogP contribution in [0.5, 0.6) is 5.75 Å². The molecule has 0 heterocycles. The molecule has 0 unspecified atom stereocenters. The number of rotatable bonds is 9. The van der Waals surface area contributed by atoms with Crippen molar-refractivity contribution in [3.63, 3.8) is 0 Å². The summed E-state index contributed by atoms with van der Waals surface area (Å²) >= 11 is 0. The number of anilines is 1. The molecule has 0 radical (unpaired) electrons. The first-order valence-electron chi connectivity index (χ1n) is 10.2. The van der Waals surface area contributed by atoms with Gasteiger partial charge in [-0.3, -0.25) is 4.79 Å². The number of benzene rings is 3. The van der Waals surface area contributed by atoms with Crippen molar-refractivity contribution in [2.24, 2.45) is 0 Å². The van der Waals surface area contributed by atoms with E-state index in [1.54, 1.807) is 24.3 Å². The predicted molar refractivity (Wildman–Crippen MR) is 124 cm³/mol. The normalized spacial score (nSPS) is 11.5. The van der Waals surface area contributed by atoms with Gasteiger partial charge in [-0.05, 0) is 41.5 Å². The van der Waals surface area contributed by atoms with E-state index in [1.807, 2.05) is 0 Å². The van der Waals surface area contributed by atoms with E-state index in [0.29, 0.717) is 16.8 Å². The summed E-state index contributed by atoms with van der Waals surface area (Å²) in [4.78, 5) is 12.8. The summed E-state index contributed by atoms with van der Waals surface area (Å²) in [6, 6.07) is 14.7. The smallest absolute Gasteiger partial charge is 0.255 e. The van der Waals surface area contributed by atoms with E-state index in [4.69, 9.17) is 4.74 Å². The number of halogens is 3. The minimum absolute atomic E-state index is 0.00793. The molecule has 0 aliphatic heterocycles. The molecule has 6 nitrogen and oxygen atoms in total. The molecule has 3 rings (SSSR count). The zero-order valence-corrected chi connectivity index (χ0v) is 19.3. The minimum Gasteiger partial charge on any atom is -0.495 e. The van der Waals surface area contributed by atoms with Crippen LogP contribution in [0.15, 0.2) is 65.6 Å². The Bertz CT molecular complexity index is 1300. The zero-order valence-electron chi connectivity index (χ0n) is 18.4. The monoisotopic (exact) mass is 492 g/mol. The Labute approximate surface area is 195 Å². The number of hydrogen-bond acceptors (Lipinski definition) is 5. The lowest BCUT2D eigenvalue weighted by Crippen LogP contribution is -2.21. The zero-order chi connectivity index (χ0) is 24.9. The molecule has 0 aliphatic rings. The van der Waals surface area contributed by atoms with Crippen LogP contribution in [0.2, 0.25) is 0 Å². The lowest BCUT2D eigenvalue weighted by molar-refractivity contribution is 0.102. The van der Waals surface area contributed by atoms with E-state index >= 15 is 0 Å². The van der Waals surface area contributed by atoms with Crippen LogP contribution < -0.4 is 15.4 Å². The Hall–Kier alpha value is -3.37. The van der Waals surface area contributed by atoms with Gasteiger partial charge in [-0.1, -0.05) is 24.3 Å². The average Bonchev–Trinajstić information content (AvgIpc) is 2.78. The Morgan fingerprint density at radius 2 is 1.76 bits per heavy atom. The molecule has 0 fully saturated rings. The first-order valence-corrected chi connectivity index (χ1v) is 12.1. The standard InChI is InChI=1S/C24H23F3N2O4S/c1-33-21-12-17(8-10-22(21)34(2,31)32)29-24(30)15-7-9-18(19-5-3-4-6-20(19)25)16(11-15)13-28-14-23(26)27/h3-12,23,28H,13-14H2,1-2H3,(H,29,30). The van der Waals surface area contributed by atoms with Gasteiger partial charge < -0.3 is 15.4 Å². The summed E-state index contributed by atoms with van der Waals surface area (Å²) in [5.41, 5.74) is 1.72. The molecule has 0 atom stereocenters. The Balaban J connectivity index is 1.92. The number of methoxy groups -OCH3 is 1. The highest BCUT2D eigenvalue weighted by Crippen LogP contribution is 2.29. The van der Waals surface area contributed by atoms with E-state index in [-0.39, 0.29) is 28.3 Å². The van der Waals surface area contributed by atoms with E-state index in [1.165, 1.54) is 43.5 Å². The fourth-order valence-electron chi connectivity index (χ4n) is 3.39. The summed E-state index contributed by atoms with van der Waals surface area (Å²) in [6.45, 7) is -0.564. The number of carbonyl (C=O) groups is 1. The fourth-order valence-corrected chi connectivity index (χ4v) is 4.22. The van der Waals surface area contributed by atoms with Crippen molar-refractivity contribution in [1.29, 1.82) is 0 Å². The lowest BCUT2D eigenvalue weighted by Gasteiger charge is -2.14. The number of amides is 1. The van der Waals surface area contributed by atoms with E-state index in [0.717, 1.165) is 6.26 Å². The number of alkyl halides is 2. The number of carbonyl (C=O) groups excluding carboxylic acids is 1.